The molecule has 1 unspecified atom stereocenters. The predicted molar refractivity (Wildman–Crippen MR) is 84.5 cm³/mol. The van der Waals surface area contributed by atoms with E-state index in [1.807, 2.05) is 0 Å². The largest absolute Gasteiger partial charge is 0.497 e. The molecule has 0 aromatic heterocycles. The summed E-state index contributed by atoms with van der Waals surface area (Å²) < 4.78 is 5.34. The maximum Gasteiger partial charge on any atom is 0.119 e. The van der Waals surface area contributed by atoms with Gasteiger partial charge in [0.25, 0.3) is 0 Å². The molecule has 2 rings (SSSR count). The molecule has 0 fully saturated rings. The van der Waals surface area contributed by atoms with E-state index in [9.17, 15) is 0 Å². The molecule has 1 N–H and O–H groups in total. The van der Waals surface area contributed by atoms with E-state index in [4.69, 9.17) is 4.74 Å². The number of methoxy groups -OCH3 is 1. The Morgan fingerprint density at radius 1 is 1.30 bits per heavy atom. The van der Waals surface area contributed by atoms with Crippen molar-refractivity contribution in [3.05, 3.63) is 29.3 Å². The summed E-state index contributed by atoms with van der Waals surface area (Å²) in [5, 5.41) is 3.71. The topological polar surface area (TPSA) is 24.5 Å². The quantitative estimate of drug-likeness (QED) is 0.739. The van der Waals surface area contributed by atoms with Gasteiger partial charge in [-0.05, 0) is 68.7 Å². The summed E-state index contributed by atoms with van der Waals surface area (Å²) in [5.41, 5.74) is 2.92. The van der Waals surface area contributed by atoms with Crippen molar-refractivity contribution in [2.45, 2.75) is 39.2 Å². The molecule has 3 heteroatoms. The summed E-state index contributed by atoms with van der Waals surface area (Å²) in [6.07, 6.45) is 3.62. The molecule has 1 aliphatic carbocycles. The average molecular weight is 276 g/mol. The SMILES string of the molecule is CCN(CC)CCCNC1CCc2ccc(OC)cc21. The van der Waals surface area contributed by atoms with E-state index >= 15 is 0 Å². The fraction of sp³-hybridized carbons (Fsp3) is 0.647. The van der Waals surface area contributed by atoms with Crippen molar-refractivity contribution in [1.29, 1.82) is 0 Å². The van der Waals surface area contributed by atoms with Crippen LogP contribution < -0.4 is 10.1 Å². The van der Waals surface area contributed by atoms with E-state index < -0.39 is 0 Å². The van der Waals surface area contributed by atoms with Crippen molar-refractivity contribution in [2.24, 2.45) is 0 Å². The molecule has 3 nitrogen and oxygen atoms in total. The van der Waals surface area contributed by atoms with E-state index in [1.54, 1.807) is 7.11 Å². The molecule has 1 atom stereocenters. The lowest BCUT2D eigenvalue weighted by molar-refractivity contribution is 0.295. The van der Waals surface area contributed by atoms with Gasteiger partial charge in [-0.3, -0.25) is 0 Å². The number of hydrogen-bond donors (Lipinski definition) is 1. The van der Waals surface area contributed by atoms with Gasteiger partial charge in [0.05, 0.1) is 7.11 Å². The highest BCUT2D eigenvalue weighted by Gasteiger charge is 2.22. The van der Waals surface area contributed by atoms with Gasteiger partial charge in [0.1, 0.15) is 5.75 Å². The summed E-state index contributed by atoms with van der Waals surface area (Å²) in [6.45, 7) is 9.06. The van der Waals surface area contributed by atoms with Crippen LogP contribution in [0.15, 0.2) is 18.2 Å². The summed E-state index contributed by atoms with van der Waals surface area (Å²) in [6, 6.07) is 6.99. The van der Waals surface area contributed by atoms with Crippen LogP contribution in [0.4, 0.5) is 0 Å². The fourth-order valence-corrected chi connectivity index (χ4v) is 3.04. The van der Waals surface area contributed by atoms with Gasteiger partial charge in [-0.2, -0.15) is 0 Å². The number of nitrogens with one attached hydrogen (secondary N) is 1. The lowest BCUT2D eigenvalue weighted by atomic mass is 10.1. The van der Waals surface area contributed by atoms with Crippen LogP contribution >= 0.6 is 0 Å². The molecule has 0 amide bonds. The van der Waals surface area contributed by atoms with Crippen LogP contribution in [0.2, 0.25) is 0 Å². The summed E-state index contributed by atoms with van der Waals surface area (Å²) in [5.74, 6) is 0.973. The van der Waals surface area contributed by atoms with E-state index in [2.05, 4.69) is 42.3 Å². The first kappa shape index (κ1) is 15.3. The van der Waals surface area contributed by atoms with Crippen LogP contribution in [-0.2, 0) is 6.42 Å². The monoisotopic (exact) mass is 276 g/mol. The Labute approximate surface area is 123 Å². The number of rotatable bonds is 8. The molecule has 0 spiro atoms. The van der Waals surface area contributed by atoms with Gasteiger partial charge in [0.15, 0.2) is 0 Å². The highest BCUT2D eigenvalue weighted by molar-refractivity contribution is 5.40. The van der Waals surface area contributed by atoms with Crippen LogP contribution in [0, 0.1) is 0 Å². The minimum absolute atomic E-state index is 0.511. The van der Waals surface area contributed by atoms with Crippen molar-refractivity contribution in [3.8, 4) is 5.75 Å². The third-order valence-corrected chi connectivity index (χ3v) is 4.37. The summed E-state index contributed by atoms with van der Waals surface area (Å²) >= 11 is 0. The number of nitrogens with zero attached hydrogens (tertiary/aromatic N) is 1. The molecule has 1 aromatic rings. The standard InChI is InChI=1S/C17H28N2O/c1-4-19(5-2)12-6-11-18-17-10-8-14-7-9-15(20-3)13-16(14)17/h7,9,13,17-18H,4-6,8,10-12H2,1-3H3. The Hall–Kier alpha value is -1.06. The Morgan fingerprint density at radius 3 is 2.80 bits per heavy atom. The predicted octanol–water partition coefficient (Wildman–Crippen LogP) is 3.00. The molecule has 0 radical (unpaired) electrons. The molecule has 0 bridgehead atoms. The molecule has 1 aromatic carbocycles. The smallest absolute Gasteiger partial charge is 0.119 e. The Bertz CT molecular complexity index is 415. The minimum Gasteiger partial charge on any atom is -0.497 e. The maximum atomic E-state index is 5.34. The summed E-state index contributed by atoms with van der Waals surface area (Å²) in [7, 11) is 1.74. The van der Waals surface area contributed by atoms with Crippen molar-refractivity contribution in [3.63, 3.8) is 0 Å². The fourth-order valence-electron chi connectivity index (χ4n) is 3.04. The molecule has 20 heavy (non-hydrogen) atoms. The van der Waals surface area contributed by atoms with Crippen LogP contribution in [0.1, 0.15) is 43.9 Å². The van der Waals surface area contributed by atoms with E-state index in [-0.39, 0.29) is 0 Å². The van der Waals surface area contributed by atoms with Crippen LogP contribution in [0.3, 0.4) is 0 Å². The van der Waals surface area contributed by atoms with E-state index in [0.717, 1.165) is 25.4 Å². The lowest BCUT2D eigenvalue weighted by Gasteiger charge is -2.19. The number of aryl methyl sites for hydroxylation is 1. The second kappa shape index (κ2) is 7.65. The van der Waals surface area contributed by atoms with Gasteiger partial charge in [0, 0.05) is 6.04 Å². The van der Waals surface area contributed by atoms with Gasteiger partial charge >= 0.3 is 0 Å². The zero-order chi connectivity index (χ0) is 14.4. The zero-order valence-electron chi connectivity index (χ0n) is 13.1. The molecule has 112 valence electrons. The Kier molecular flexibility index (Phi) is 5.86. The molecule has 0 saturated carbocycles. The molecular weight excluding hydrogens is 248 g/mol. The molecule has 0 saturated heterocycles. The van der Waals surface area contributed by atoms with Crippen molar-refractivity contribution < 1.29 is 4.74 Å². The van der Waals surface area contributed by atoms with E-state index in [0.29, 0.717) is 6.04 Å². The highest BCUT2D eigenvalue weighted by atomic mass is 16.5. The zero-order valence-corrected chi connectivity index (χ0v) is 13.1. The second-order valence-electron chi connectivity index (χ2n) is 5.49. The first-order valence-electron chi connectivity index (χ1n) is 7.91. The van der Waals surface area contributed by atoms with Gasteiger partial charge in [0.2, 0.25) is 0 Å². The number of fused-ring (bicyclic) bond motifs is 1. The Balaban J connectivity index is 1.81. The second-order valence-corrected chi connectivity index (χ2v) is 5.49. The maximum absolute atomic E-state index is 5.34. The van der Waals surface area contributed by atoms with Gasteiger partial charge in [-0.15, -0.1) is 0 Å². The van der Waals surface area contributed by atoms with Crippen LogP contribution in [0.25, 0.3) is 0 Å². The normalized spacial score (nSPS) is 17.5. The number of hydrogen-bond acceptors (Lipinski definition) is 3. The molecular formula is C17H28N2O. The Morgan fingerprint density at radius 2 is 2.10 bits per heavy atom. The first-order valence-corrected chi connectivity index (χ1v) is 7.91. The van der Waals surface area contributed by atoms with Crippen molar-refractivity contribution in [1.82, 2.24) is 10.2 Å². The van der Waals surface area contributed by atoms with Gasteiger partial charge < -0.3 is 15.0 Å². The third-order valence-electron chi connectivity index (χ3n) is 4.37. The van der Waals surface area contributed by atoms with E-state index in [1.165, 1.54) is 36.9 Å². The van der Waals surface area contributed by atoms with Crippen LogP contribution in [0.5, 0.6) is 5.75 Å². The van der Waals surface area contributed by atoms with Crippen molar-refractivity contribution in [2.75, 3.05) is 33.3 Å². The number of ether oxygens (including phenoxy) is 1. The number of benzene rings is 1. The average Bonchev–Trinajstić information content (AvgIpc) is 2.89. The summed E-state index contributed by atoms with van der Waals surface area (Å²) in [4.78, 5) is 2.48. The van der Waals surface area contributed by atoms with Crippen molar-refractivity contribution >= 4 is 0 Å². The minimum atomic E-state index is 0.511. The third kappa shape index (κ3) is 3.74. The molecule has 0 heterocycles. The first-order chi connectivity index (χ1) is 9.78. The lowest BCUT2D eigenvalue weighted by Crippen LogP contribution is -2.28. The van der Waals surface area contributed by atoms with Gasteiger partial charge in [-0.25, -0.2) is 0 Å². The van der Waals surface area contributed by atoms with Crippen LogP contribution in [-0.4, -0.2) is 38.2 Å². The molecule has 1 aliphatic rings. The van der Waals surface area contributed by atoms with Gasteiger partial charge in [-0.1, -0.05) is 19.9 Å². The molecule has 0 aliphatic heterocycles. The highest BCUT2D eigenvalue weighted by Crippen LogP contribution is 2.33.